The maximum atomic E-state index is 11.0. The molecular weight excluding hydrogens is 208 g/mol. The monoisotopic (exact) mass is 215 g/mol. The van der Waals surface area contributed by atoms with Gasteiger partial charge >= 0.3 is 13.1 Å². The predicted molar refractivity (Wildman–Crippen MR) is 50.4 cm³/mol. The van der Waals surface area contributed by atoms with Crippen molar-refractivity contribution in [1.82, 2.24) is 4.98 Å². The quantitative estimate of drug-likeness (QED) is 0.384. The van der Waals surface area contributed by atoms with Gasteiger partial charge in [0.2, 0.25) is 0 Å². The fraction of sp³-hybridized carbons (Fsp3) is 0.143. The molecule has 1 aromatic heterocycles. The molecule has 0 radical (unpaired) electrons. The van der Waals surface area contributed by atoms with Crippen LogP contribution in [0.25, 0.3) is 0 Å². The van der Waals surface area contributed by atoms with E-state index < -0.39 is 13.1 Å². The molecule has 0 saturated carbocycles. The first kappa shape index (κ1) is 11.0. The van der Waals surface area contributed by atoms with Crippen LogP contribution in [0.2, 0.25) is 5.15 Å². The van der Waals surface area contributed by atoms with E-state index in [0.717, 1.165) is 0 Å². The van der Waals surface area contributed by atoms with Crippen LogP contribution in [0.15, 0.2) is 12.3 Å². The average molecular weight is 215 g/mol. The summed E-state index contributed by atoms with van der Waals surface area (Å²) in [6.45, 7) is 0. The van der Waals surface area contributed by atoms with E-state index in [1.807, 2.05) is 0 Å². The van der Waals surface area contributed by atoms with Gasteiger partial charge in [-0.15, -0.1) is 0 Å². The molecule has 0 fully saturated rings. The largest absolute Gasteiger partial charge is 0.491 e. The number of halogens is 1. The Morgan fingerprint density at radius 3 is 2.79 bits per heavy atom. The number of carbonyl (C=O) groups excluding carboxylic acids is 1. The fourth-order valence-corrected chi connectivity index (χ4v) is 1.08. The minimum Gasteiger partial charge on any atom is -0.465 e. The second-order valence-corrected chi connectivity index (χ2v) is 2.83. The Hall–Kier alpha value is -1.11. The Balaban J connectivity index is 3.13. The third-order valence-electron chi connectivity index (χ3n) is 1.57. The third-order valence-corrected chi connectivity index (χ3v) is 1.88. The summed E-state index contributed by atoms with van der Waals surface area (Å²) in [5.74, 6) is -0.615. The van der Waals surface area contributed by atoms with E-state index in [1.54, 1.807) is 0 Å². The van der Waals surface area contributed by atoms with Gasteiger partial charge in [-0.1, -0.05) is 11.6 Å². The number of pyridine rings is 1. The molecular formula is C7H7BClNO4. The molecule has 0 amide bonds. The topological polar surface area (TPSA) is 79.7 Å². The molecule has 0 aliphatic carbocycles. The van der Waals surface area contributed by atoms with Crippen molar-refractivity contribution in [2.24, 2.45) is 0 Å². The molecule has 0 spiro atoms. The van der Waals surface area contributed by atoms with Crippen molar-refractivity contribution in [2.45, 2.75) is 0 Å². The molecule has 7 heteroatoms. The smallest absolute Gasteiger partial charge is 0.465 e. The first-order chi connectivity index (χ1) is 6.56. The highest BCUT2D eigenvalue weighted by atomic mass is 35.5. The highest BCUT2D eigenvalue weighted by Gasteiger charge is 2.18. The zero-order chi connectivity index (χ0) is 10.7. The van der Waals surface area contributed by atoms with Crippen LogP contribution >= 0.6 is 11.6 Å². The molecule has 0 atom stereocenters. The summed E-state index contributed by atoms with van der Waals surface area (Å²) < 4.78 is 4.43. The maximum Gasteiger partial charge on any atom is 0.491 e. The minimum atomic E-state index is -1.76. The standard InChI is InChI=1S/C7H7BClNO4/c1-14-7(11)4-2-5(8(12)13)6(9)10-3-4/h2-3,12-13H,1H3. The molecule has 1 rings (SSSR count). The number of methoxy groups -OCH3 is 1. The van der Waals surface area contributed by atoms with E-state index >= 15 is 0 Å². The number of hydrogen-bond acceptors (Lipinski definition) is 5. The average Bonchev–Trinajstić information content (AvgIpc) is 2.17. The summed E-state index contributed by atoms with van der Waals surface area (Å²) in [5, 5.41) is 17.7. The van der Waals surface area contributed by atoms with Crippen LogP contribution < -0.4 is 5.46 Å². The van der Waals surface area contributed by atoms with Crippen molar-refractivity contribution in [2.75, 3.05) is 7.11 Å². The van der Waals surface area contributed by atoms with E-state index in [4.69, 9.17) is 21.6 Å². The molecule has 1 heterocycles. The lowest BCUT2D eigenvalue weighted by Crippen LogP contribution is -2.32. The van der Waals surface area contributed by atoms with Gasteiger partial charge in [0.05, 0.1) is 12.7 Å². The summed E-state index contributed by atoms with van der Waals surface area (Å²) in [6.07, 6.45) is 1.19. The summed E-state index contributed by atoms with van der Waals surface area (Å²) in [4.78, 5) is 14.6. The molecule has 1 aromatic rings. The molecule has 0 aliphatic rings. The molecule has 74 valence electrons. The molecule has 2 N–H and O–H groups in total. The number of rotatable bonds is 2. The molecule has 14 heavy (non-hydrogen) atoms. The van der Waals surface area contributed by atoms with Crippen molar-refractivity contribution in [1.29, 1.82) is 0 Å². The number of aromatic nitrogens is 1. The van der Waals surface area contributed by atoms with Crippen LogP contribution in [0.3, 0.4) is 0 Å². The van der Waals surface area contributed by atoms with E-state index in [9.17, 15) is 4.79 Å². The van der Waals surface area contributed by atoms with E-state index in [1.165, 1.54) is 19.4 Å². The van der Waals surface area contributed by atoms with Gasteiger partial charge < -0.3 is 14.8 Å². The molecule has 0 bridgehead atoms. The molecule has 0 aromatic carbocycles. The SMILES string of the molecule is COC(=O)c1cnc(Cl)c(B(O)O)c1. The van der Waals surface area contributed by atoms with E-state index in [0.29, 0.717) is 0 Å². The Kier molecular flexibility index (Phi) is 3.46. The third kappa shape index (κ3) is 2.23. The van der Waals surface area contributed by atoms with Crippen molar-refractivity contribution in [3.05, 3.63) is 23.0 Å². The van der Waals surface area contributed by atoms with Crippen LogP contribution in [0.4, 0.5) is 0 Å². The zero-order valence-corrected chi connectivity index (χ0v) is 8.02. The normalized spacial score (nSPS) is 9.71. The van der Waals surface area contributed by atoms with Gasteiger partial charge in [0, 0.05) is 11.7 Å². The van der Waals surface area contributed by atoms with Gasteiger partial charge in [0.1, 0.15) is 5.15 Å². The molecule has 5 nitrogen and oxygen atoms in total. The van der Waals surface area contributed by atoms with E-state index in [-0.39, 0.29) is 16.2 Å². The molecule has 0 saturated heterocycles. The Bertz CT molecular complexity index is 358. The number of carbonyl (C=O) groups is 1. The van der Waals surface area contributed by atoms with Gasteiger partial charge in [-0.3, -0.25) is 0 Å². The predicted octanol–water partition coefficient (Wildman–Crippen LogP) is -0.799. The fourth-order valence-electron chi connectivity index (χ4n) is 0.876. The number of ether oxygens (including phenoxy) is 1. The second-order valence-electron chi connectivity index (χ2n) is 2.47. The summed E-state index contributed by atoms with van der Waals surface area (Å²) in [5.41, 5.74) is 0.0783. The van der Waals surface area contributed by atoms with Gasteiger partial charge in [-0.2, -0.15) is 0 Å². The molecule has 0 unspecified atom stereocenters. The van der Waals surface area contributed by atoms with Crippen molar-refractivity contribution in [3.8, 4) is 0 Å². The Labute approximate surface area is 85.4 Å². The molecule has 0 aliphatic heterocycles. The van der Waals surface area contributed by atoms with Gasteiger partial charge in [-0.25, -0.2) is 9.78 Å². The lowest BCUT2D eigenvalue weighted by molar-refractivity contribution is 0.0600. The van der Waals surface area contributed by atoms with Crippen molar-refractivity contribution in [3.63, 3.8) is 0 Å². The van der Waals surface area contributed by atoms with Crippen LogP contribution in [0.5, 0.6) is 0 Å². The summed E-state index contributed by atoms with van der Waals surface area (Å²) in [7, 11) is -0.550. The highest BCUT2D eigenvalue weighted by molar-refractivity contribution is 6.62. The Morgan fingerprint density at radius 2 is 2.29 bits per heavy atom. The zero-order valence-electron chi connectivity index (χ0n) is 7.27. The first-order valence-electron chi connectivity index (χ1n) is 3.66. The summed E-state index contributed by atoms with van der Waals surface area (Å²) in [6, 6.07) is 1.21. The lowest BCUT2D eigenvalue weighted by Gasteiger charge is -2.04. The number of esters is 1. The second kappa shape index (κ2) is 4.41. The number of hydrogen-bond donors (Lipinski definition) is 2. The lowest BCUT2D eigenvalue weighted by atomic mass is 9.81. The van der Waals surface area contributed by atoms with Crippen LogP contribution in [0, 0.1) is 0 Å². The first-order valence-corrected chi connectivity index (χ1v) is 4.04. The van der Waals surface area contributed by atoms with E-state index in [2.05, 4.69) is 9.72 Å². The maximum absolute atomic E-state index is 11.0. The number of nitrogens with zero attached hydrogens (tertiary/aromatic N) is 1. The van der Waals surface area contributed by atoms with Gasteiger partial charge in [-0.05, 0) is 6.07 Å². The van der Waals surface area contributed by atoms with Gasteiger partial charge in [0.25, 0.3) is 0 Å². The minimum absolute atomic E-state index is 0.0328. The van der Waals surface area contributed by atoms with Crippen LogP contribution in [-0.2, 0) is 4.74 Å². The van der Waals surface area contributed by atoms with Crippen molar-refractivity contribution >= 4 is 30.2 Å². The van der Waals surface area contributed by atoms with Crippen molar-refractivity contribution < 1.29 is 19.6 Å². The summed E-state index contributed by atoms with van der Waals surface area (Å²) >= 11 is 5.56. The van der Waals surface area contributed by atoms with Crippen LogP contribution in [0.1, 0.15) is 10.4 Å². The highest BCUT2D eigenvalue weighted by Crippen LogP contribution is 2.05. The Morgan fingerprint density at radius 1 is 1.64 bits per heavy atom. The van der Waals surface area contributed by atoms with Crippen LogP contribution in [-0.4, -0.2) is 35.2 Å². The van der Waals surface area contributed by atoms with Gasteiger partial charge in [0.15, 0.2) is 0 Å².